The predicted molar refractivity (Wildman–Crippen MR) is 112 cm³/mol. The normalized spacial score (nSPS) is 13.2. The van der Waals surface area contributed by atoms with Crippen molar-refractivity contribution < 1.29 is 4.21 Å². The van der Waals surface area contributed by atoms with Crippen molar-refractivity contribution in [2.24, 2.45) is 4.99 Å². The van der Waals surface area contributed by atoms with Crippen molar-refractivity contribution in [2.45, 2.75) is 39.0 Å². The van der Waals surface area contributed by atoms with E-state index in [-0.39, 0.29) is 28.7 Å². The van der Waals surface area contributed by atoms with Gasteiger partial charge in [-0.3, -0.25) is 4.21 Å². The number of hydrogen-bond donors (Lipinski definition) is 2. The molecular weight excluding hydrogens is 445 g/mol. The third kappa shape index (κ3) is 8.91. The van der Waals surface area contributed by atoms with Gasteiger partial charge in [0.1, 0.15) is 0 Å². The third-order valence-corrected chi connectivity index (χ3v) is 5.28. The summed E-state index contributed by atoms with van der Waals surface area (Å²) in [7, 11) is -0.868. The first-order valence-corrected chi connectivity index (χ1v) is 9.18. The number of rotatable bonds is 6. The lowest BCUT2D eigenvalue weighted by Crippen LogP contribution is -2.40. The molecule has 0 saturated heterocycles. The van der Waals surface area contributed by atoms with Gasteiger partial charge >= 0.3 is 0 Å². The lowest BCUT2D eigenvalue weighted by Gasteiger charge is -2.18. The van der Waals surface area contributed by atoms with E-state index in [2.05, 4.69) is 15.6 Å². The van der Waals surface area contributed by atoms with Crippen LogP contribution in [0.2, 0.25) is 5.02 Å². The summed E-state index contributed by atoms with van der Waals surface area (Å²) in [6.07, 6.45) is 0. The summed E-state index contributed by atoms with van der Waals surface area (Å²) in [4.78, 5) is 4.51. The number of nitrogens with zero attached hydrogens (tertiary/aromatic N) is 1. The molecule has 4 nitrogen and oxygen atoms in total. The highest BCUT2D eigenvalue weighted by molar-refractivity contribution is 14.0. The fraction of sp³-hybridized carbons (Fsp3) is 0.562. The van der Waals surface area contributed by atoms with Gasteiger partial charge in [-0.15, -0.1) is 24.0 Å². The monoisotopic (exact) mass is 471 g/mol. The minimum atomic E-state index is -0.868. The number of nitrogens with one attached hydrogen (secondary N) is 2. The largest absolute Gasteiger partial charge is 0.357 e. The van der Waals surface area contributed by atoms with Gasteiger partial charge in [-0.1, -0.05) is 29.8 Å². The van der Waals surface area contributed by atoms with Crippen molar-refractivity contribution in [1.29, 1.82) is 0 Å². The zero-order chi connectivity index (χ0) is 16.6. The van der Waals surface area contributed by atoms with Gasteiger partial charge in [-0.2, -0.15) is 0 Å². The zero-order valence-corrected chi connectivity index (χ0v) is 18.1. The van der Waals surface area contributed by atoms with E-state index in [1.54, 1.807) is 0 Å². The van der Waals surface area contributed by atoms with Gasteiger partial charge in [-0.25, -0.2) is 4.99 Å². The van der Waals surface area contributed by atoms with Crippen LogP contribution in [0.5, 0.6) is 0 Å². The summed E-state index contributed by atoms with van der Waals surface area (Å²) in [6.45, 7) is 9.88. The van der Waals surface area contributed by atoms with Crippen LogP contribution >= 0.6 is 35.6 Å². The summed E-state index contributed by atoms with van der Waals surface area (Å²) in [6, 6.07) is 7.67. The van der Waals surface area contributed by atoms with Crippen LogP contribution in [0.4, 0.5) is 0 Å². The quantitative estimate of drug-likeness (QED) is 0.379. The number of hydrogen-bond acceptors (Lipinski definition) is 2. The fourth-order valence-electron chi connectivity index (χ4n) is 1.70. The molecule has 0 heterocycles. The van der Waals surface area contributed by atoms with Crippen LogP contribution in [0.15, 0.2) is 29.3 Å². The van der Waals surface area contributed by atoms with Crippen molar-refractivity contribution in [2.75, 3.05) is 18.8 Å². The van der Waals surface area contributed by atoms with E-state index in [0.717, 1.165) is 17.1 Å². The van der Waals surface area contributed by atoms with E-state index in [1.165, 1.54) is 0 Å². The zero-order valence-electron chi connectivity index (χ0n) is 14.2. The SMILES string of the molecule is CCNC(=NCc1ccccc1Cl)NCCS(=O)C(C)(C)C.I. The van der Waals surface area contributed by atoms with Crippen LogP contribution in [0.3, 0.4) is 0 Å². The first-order valence-electron chi connectivity index (χ1n) is 7.48. The number of benzene rings is 1. The van der Waals surface area contributed by atoms with E-state index in [0.29, 0.717) is 24.8 Å². The second-order valence-electron chi connectivity index (χ2n) is 5.88. The Labute approximate surface area is 164 Å². The number of guanidine groups is 1. The maximum Gasteiger partial charge on any atom is 0.191 e. The Morgan fingerprint density at radius 1 is 1.26 bits per heavy atom. The molecule has 132 valence electrons. The molecular formula is C16H27ClIN3OS. The van der Waals surface area contributed by atoms with E-state index in [4.69, 9.17) is 11.6 Å². The summed E-state index contributed by atoms with van der Waals surface area (Å²) >= 11 is 6.13. The summed E-state index contributed by atoms with van der Waals surface area (Å²) < 4.78 is 11.8. The number of halogens is 2. The van der Waals surface area contributed by atoms with E-state index >= 15 is 0 Å². The average molecular weight is 472 g/mol. The third-order valence-electron chi connectivity index (χ3n) is 2.97. The van der Waals surface area contributed by atoms with Crippen molar-refractivity contribution >= 4 is 52.3 Å². The van der Waals surface area contributed by atoms with Crippen LogP contribution in [-0.2, 0) is 17.3 Å². The maximum atomic E-state index is 12.0. The summed E-state index contributed by atoms with van der Waals surface area (Å²) in [5.41, 5.74) is 0.986. The smallest absolute Gasteiger partial charge is 0.191 e. The Balaban J connectivity index is 0.00000484. The van der Waals surface area contributed by atoms with Gasteiger partial charge < -0.3 is 10.6 Å². The molecule has 2 N–H and O–H groups in total. The van der Waals surface area contributed by atoms with E-state index in [1.807, 2.05) is 52.0 Å². The van der Waals surface area contributed by atoms with Crippen molar-refractivity contribution in [1.82, 2.24) is 10.6 Å². The first-order chi connectivity index (χ1) is 10.3. The molecule has 0 fully saturated rings. The molecule has 0 aliphatic carbocycles. The van der Waals surface area contributed by atoms with Crippen LogP contribution in [0.25, 0.3) is 0 Å². The van der Waals surface area contributed by atoms with E-state index in [9.17, 15) is 4.21 Å². The Hall–Kier alpha value is -0.340. The van der Waals surface area contributed by atoms with Gasteiger partial charge in [0.25, 0.3) is 0 Å². The standard InChI is InChI=1S/C16H26ClN3OS.HI/c1-5-18-15(19-10-11-22(21)16(2,3)4)20-12-13-8-6-7-9-14(13)17;/h6-9H,5,10-12H2,1-4H3,(H2,18,19,20);1H. The fourth-order valence-corrected chi connectivity index (χ4v) is 2.80. The van der Waals surface area contributed by atoms with Crippen LogP contribution < -0.4 is 10.6 Å². The predicted octanol–water partition coefficient (Wildman–Crippen LogP) is 3.56. The first kappa shape index (κ1) is 22.7. The van der Waals surface area contributed by atoms with Gasteiger partial charge in [0.05, 0.1) is 6.54 Å². The lowest BCUT2D eigenvalue weighted by atomic mass is 10.2. The molecule has 0 aliphatic rings. The number of aliphatic imine (C=N–C) groups is 1. The Kier molecular flexibility index (Phi) is 11.1. The molecule has 1 aromatic rings. The molecule has 0 spiro atoms. The highest BCUT2D eigenvalue weighted by Gasteiger charge is 2.18. The topological polar surface area (TPSA) is 53.5 Å². The average Bonchev–Trinajstić information content (AvgIpc) is 2.45. The Morgan fingerprint density at radius 3 is 2.48 bits per heavy atom. The molecule has 23 heavy (non-hydrogen) atoms. The van der Waals surface area contributed by atoms with E-state index < -0.39 is 10.8 Å². The Bertz CT molecular complexity index is 532. The van der Waals surface area contributed by atoms with Crippen LogP contribution in [0, 0.1) is 0 Å². The highest BCUT2D eigenvalue weighted by atomic mass is 127. The van der Waals surface area contributed by atoms with Crippen molar-refractivity contribution in [3.63, 3.8) is 0 Å². The molecule has 0 radical (unpaired) electrons. The van der Waals surface area contributed by atoms with Crippen molar-refractivity contribution in [3.8, 4) is 0 Å². The molecule has 1 atom stereocenters. The summed E-state index contributed by atoms with van der Waals surface area (Å²) in [5.74, 6) is 1.31. The molecule has 0 amide bonds. The lowest BCUT2D eigenvalue weighted by molar-refractivity contribution is 0.647. The van der Waals surface area contributed by atoms with Crippen molar-refractivity contribution in [3.05, 3.63) is 34.9 Å². The Morgan fingerprint density at radius 2 is 1.91 bits per heavy atom. The maximum absolute atomic E-state index is 12.0. The highest BCUT2D eigenvalue weighted by Crippen LogP contribution is 2.15. The molecule has 0 saturated carbocycles. The molecule has 1 unspecified atom stereocenters. The molecule has 7 heteroatoms. The van der Waals surface area contributed by atoms with Crippen LogP contribution in [0.1, 0.15) is 33.3 Å². The minimum absolute atomic E-state index is 0. The second kappa shape index (κ2) is 11.3. The van der Waals surface area contributed by atoms with Gasteiger partial charge in [-0.05, 0) is 39.3 Å². The van der Waals surface area contributed by atoms with Gasteiger partial charge in [0, 0.05) is 39.4 Å². The molecule has 0 bridgehead atoms. The van der Waals surface area contributed by atoms with Gasteiger partial charge in [0.15, 0.2) is 5.96 Å². The van der Waals surface area contributed by atoms with Gasteiger partial charge in [0.2, 0.25) is 0 Å². The van der Waals surface area contributed by atoms with Crippen LogP contribution in [-0.4, -0.2) is 33.8 Å². The second-order valence-corrected chi connectivity index (χ2v) is 8.61. The molecule has 1 rings (SSSR count). The minimum Gasteiger partial charge on any atom is -0.357 e. The molecule has 0 aromatic heterocycles. The molecule has 0 aliphatic heterocycles. The molecule has 1 aromatic carbocycles. The summed E-state index contributed by atoms with van der Waals surface area (Å²) in [5, 5.41) is 7.12.